The highest BCUT2D eigenvalue weighted by molar-refractivity contribution is 5.84. The average molecular weight is 279 g/mol. The predicted octanol–water partition coefficient (Wildman–Crippen LogP) is 2.12. The van der Waals surface area contributed by atoms with Crippen LogP contribution >= 0.6 is 0 Å². The third-order valence-corrected chi connectivity index (χ3v) is 3.10. The lowest BCUT2D eigenvalue weighted by Gasteiger charge is -2.18. The van der Waals surface area contributed by atoms with Crippen molar-refractivity contribution in [3.05, 3.63) is 29.3 Å². The molecule has 1 rings (SSSR count). The van der Waals surface area contributed by atoms with Crippen molar-refractivity contribution in [1.82, 2.24) is 5.32 Å². The first-order valence-electron chi connectivity index (χ1n) is 6.40. The van der Waals surface area contributed by atoms with Crippen LogP contribution in [-0.2, 0) is 16.1 Å². The maximum absolute atomic E-state index is 11.8. The minimum absolute atomic E-state index is 0.0590. The van der Waals surface area contributed by atoms with Crippen LogP contribution in [0.3, 0.4) is 0 Å². The maximum Gasteiger partial charge on any atom is 0.309 e. The Bertz CT molecular complexity index is 509. The number of carbonyl (C=O) groups excluding carboxylic acids is 1. The zero-order chi connectivity index (χ0) is 15.3. The lowest BCUT2D eigenvalue weighted by Crippen LogP contribution is -2.33. The molecule has 0 fully saturated rings. The van der Waals surface area contributed by atoms with Gasteiger partial charge in [0.2, 0.25) is 5.91 Å². The van der Waals surface area contributed by atoms with Crippen molar-refractivity contribution in [3.8, 4) is 5.75 Å². The van der Waals surface area contributed by atoms with Crippen LogP contribution < -0.4 is 10.1 Å². The molecule has 0 spiro atoms. The number of rotatable bonds is 6. The Hall–Kier alpha value is -2.04. The first kappa shape index (κ1) is 16.0. The molecular weight excluding hydrogens is 258 g/mol. The summed E-state index contributed by atoms with van der Waals surface area (Å²) in [5.41, 5.74) is 0.866. The first-order chi connectivity index (χ1) is 9.26. The van der Waals surface area contributed by atoms with E-state index in [1.54, 1.807) is 7.11 Å². The Morgan fingerprint density at radius 2 is 2.00 bits per heavy atom. The van der Waals surface area contributed by atoms with Crippen LogP contribution in [0.5, 0.6) is 5.75 Å². The summed E-state index contributed by atoms with van der Waals surface area (Å²) >= 11 is 0. The number of aryl methyl sites for hydroxylation is 1. The number of benzene rings is 1. The average Bonchev–Trinajstić information content (AvgIpc) is 2.36. The second kappa shape index (κ2) is 6.41. The van der Waals surface area contributed by atoms with Crippen LogP contribution in [0.1, 0.15) is 31.4 Å². The van der Waals surface area contributed by atoms with Crippen LogP contribution in [0.4, 0.5) is 0 Å². The van der Waals surface area contributed by atoms with Gasteiger partial charge < -0.3 is 15.2 Å². The molecule has 1 amide bonds. The summed E-state index contributed by atoms with van der Waals surface area (Å²) < 4.78 is 5.25. The highest BCUT2D eigenvalue weighted by Crippen LogP contribution is 2.22. The van der Waals surface area contributed by atoms with Gasteiger partial charge in [0.15, 0.2) is 0 Å². The molecule has 1 aromatic carbocycles. The van der Waals surface area contributed by atoms with Crippen molar-refractivity contribution in [2.24, 2.45) is 5.41 Å². The molecule has 1 aromatic rings. The van der Waals surface area contributed by atoms with Crippen molar-refractivity contribution >= 4 is 11.9 Å². The van der Waals surface area contributed by atoms with E-state index >= 15 is 0 Å². The Labute approximate surface area is 118 Å². The van der Waals surface area contributed by atoms with Crippen molar-refractivity contribution in [3.63, 3.8) is 0 Å². The summed E-state index contributed by atoms with van der Waals surface area (Å²) in [4.78, 5) is 22.8. The molecular formula is C15H21NO4. The van der Waals surface area contributed by atoms with E-state index in [0.29, 0.717) is 12.3 Å². The van der Waals surface area contributed by atoms with Crippen LogP contribution in [0.15, 0.2) is 18.2 Å². The van der Waals surface area contributed by atoms with Gasteiger partial charge in [-0.1, -0.05) is 12.1 Å². The Balaban J connectivity index is 2.64. The van der Waals surface area contributed by atoms with Crippen molar-refractivity contribution < 1.29 is 19.4 Å². The van der Waals surface area contributed by atoms with E-state index in [1.807, 2.05) is 25.1 Å². The second-order valence-corrected chi connectivity index (χ2v) is 5.46. The van der Waals surface area contributed by atoms with Gasteiger partial charge >= 0.3 is 5.97 Å². The molecule has 5 heteroatoms. The standard InChI is InChI=1S/C15H21NO4/c1-10-5-6-11(12(7-10)20-4)9-16-13(17)8-15(2,3)14(18)19/h5-7H,8-9H2,1-4H3,(H,16,17)(H,18,19). The number of carboxylic acid groups (broad SMARTS) is 1. The number of carboxylic acids is 1. The van der Waals surface area contributed by atoms with Gasteiger partial charge in [-0.2, -0.15) is 0 Å². The van der Waals surface area contributed by atoms with Gasteiger partial charge in [-0.05, 0) is 32.4 Å². The molecule has 20 heavy (non-hydrogen) atoms. The molecule has 0 aliphatic carbocycles. The Morgan fingerprint density at radius 1 is 1.35 bits per heavy atom. The van der Waals surface area contributed by atoms with Gasteiger partial charge in [-0.25, -0.2) is 0 Å². The minimum Gasteiger partial charge on any atom is -0.496 e. The van der Waals surface area contributed by atoms with Crippen molar-refractivity contribution in [2.45, 2.75) is 33.7 Å². The third kappa shape index (κ3) is 4.26. The van der Waals surface area contributed by atoms with Crippen LogP contribution in [0.25, 0.3) is 0 Å². The topological polar surface area (TPSA) is 75.6 Å². The number of hydrogen-bond donors (Lipinski definition) is 2. The van der Waals surface area contributed by atoms with Crippen LogP contribution in [-0.4, -0.2) is 24.1 Å². The molecule has 0 aromatic heterocycles. The number of amides is 1. The zero-order valence-corrected chi connectivity index (χ0v) is 12.3. The van der Waals surface area contributed by atoms with Crippen LogP contribution in [0, 0.1) is 12.3 Å². The molecule has 0 aliphatic heterocycles. The van der Waals surface area contributed by atoms with Gasteiger partial charge in [0, 0.05) is 18.5 Å². The maximum atomic E-state index is 11.8. The molecule has 0 saturated heterocycles. The normalized spacial score (nSPS) is 11.0. The molecule has 2 N–H and O–H groups in total. The van der Waals surface area contributed by atoms with Gasteiger partial charge in [-0.3, -0.25) is 9.59 Å². The largest absolute Gasteiger partial charge is 0.496 e. The van der Waals surface area contributed by atoms with E-state index in [2.05, 4.69) is 5.32 Å². The van der Waals surface area contributed by atoms with Gasteiger partial charge in [-0.15, -0.1) is 0 Å². The summed E-state index contributed by atoms with van der Waals surface area (Å²) in [6.45, 7) is 5.33. The van der Waals surface area contributed by atoms with E-state index in [1.165, 1.54) is 13.8 Å². The Kier molecular flexibility index (Phi) is 5.13. The number of nitrogens with one attached hydrogen (secondary N) is 1. The molecule has 0 saturated carbocycles. The summed E-state index contributed by atoms with van der Waals surface area (Å²) in [5, 5.41) is 11.7. The molecule has 0 aliphatic rings. The first-order valence-corrected chi connectivity index (χ1v) is 6.40. The number of hydrogen-bond acceptors (Lipinski definition) is 3. The van der Waals surface area contributed by atoms with Gasteiger partial charge in [0.05, 0.1) is 12.5 Å². The third-order valence-electron chi connectivity index (χ3n) is 3.10. The Morgan fingerprint density at radius 3 is 2.55 bits per heavy atom. The molecule has 0 heterocycles. The van der Waals surface area contributed by atoms with Crippen molar-refractivity contribution in [1.29, 1.82) is 0 Å². The number of ether oxygens (including phenoxy) is 1. The number of aliphatic carboxylic acids is 1. The van der Waals surface area contributed by atoms with Crippen LogP contribution in [0.2, 0.25) is 0 Å². The molecule has 0 unspecified atom stereocenters. The fraction of sp³-hybridized carbons (Fsp3) is 0.467. The summed E-state index contributed by atoms with van der Waals surface area (Å²) in [5.74, 6) is -0.566. The zero-order valence-electron chi connectivity index (χ0n) is 12.3. The van der Waals surface area contributed by atoms with E-state index < -0.39 is 11.4 Å². The lowest BCUT2D eigenvalue weighted by molar-refractivity contribution is -0.149. The smallest absolute Gasteiger partial charge is 0.309 e. The van der Waals surface area contributed by atoms with Crippen molar-refractivity contribution in [2.75, 3.05) is 7.11 Å². The predicted molar refractivity (Wildman–Crippen MR) is 75.6 cm³/mol. The molecule has 5 nitrogen and oxygen atoms in total. The SMILES string of the molecule is COc1cc(C)ccc1CNC(=O)CC(C)(C)C(=O)O. The molecule has 0 atom stereocenters. The molecule has 0 radical (unpaired) electrons. The molecule has 0 bridgehead atoms. The van der Waals surface area contributed by atoms with E-state index in [4.69, 9.17) is 9.84 Å². The van der Waals surface area contributed by atoms with Gasteiger partial charge in [0.25, 0.3) is 0 Å². The highest BCUT2D eigenvalue weighted by atomic mass is 16.5. The monoisotopic (exact) mass is 279 g/mol. The summed E-state index contributed by atoms with van der Waals surface area (Å²) in [6.07, 6.45) is -0.0590. The summed E-state index contributed by atoms with van der Waals surface area (Å²) in [7, 11) is 1.58. The second-order valence-electron chi connectivity index (χ2n) is 5.46. The molecule has 110 valence electrons. The van der Waals surface area contributed by atoms with E-state index in [0.717, 1.165) is 11.1 Å². The van der Waals surface area contributed by atoms with E-state index in [-0.39, 0.29) is 12.3 Å². The summed E-state index contributed by atoms with van der Waals surface area (Å²) in [6, 6.07) is 5.71. The van der Waals surface area contributed by atoms with E-state index in [9.17, 15) is 9.59 Å². The van der Waals surface area contributed by atoms with Gasteiger partial charge in [0.1, 0.15) is 5.75 Å². The minimum atomic E-state index is -1.07. The lowest BCUT2D eigenvalue weighted by atomic mass is 9.89. The fourth-order valence-corrected chi connectivity index (χ4v) is 1.73. The fourth-order valence-electron chi connectivity index (χ4n) is 1.73. The number of methoxy groups -OCH3 is 1. The number of carbonyl (C=O) groups is 2. The highest BCUT2D eigenvalue weighted by Gasteiger charge is 2.30. The quantitative estimate of drug-likeness (QED) is 0.836.